The molecule has 0 bridgehead atoms. The van der Waals surface area contributed by atoms with Crippen LogP contribution in [0.1, 0.15) is 32.1 Å². The number of nitrogens with zero attached hydrogens (tertiary/aromatic N) is 2. The van der Waals surface area contributed by atoms with E-state index in [2.05, 4.69) is 15.2 Å². The molecule has 1 atom stereocenters. The third-order valence-electron chi connectivity index (χ3n) is 3.90. The van der Waals surface area contributed by atoms with Gasteiger partial charge >= 0.3 is 0 Å². The fraction of sp³-hybridized carbons (Fsp3) is 0.600. The Morgan fingerprint density at radius 1 is 1.35 bits per heavy atom. The van der Waals surface area contributed by atoms with Crippen LogP contribution in [0, 0.1) is 0 Å². The molecule has 0 aliphatic carbocycles. The SMILES string of the molecule is O=C(CC1CCCO1)Nc1ccc(N2CCCC2)nc1. The Balaban J connectivity index is 1.53. The van der Waals surface area contributed by atoms with Crippen molar-refractivity contribution in [1.29, 1.82) is 0 Å². The molecule has 1 unspecified atom stereocenters. The van der Waals surface area contributed by atoms with E-state index in [1.807, 2.05) is 12.1 Å². The average molecular weight is 275 g/mol. The molecule has 0 saturated carbocycles. The predicted molar refractivity (Wildman–Crippen MR) is 77.9 cm³/mol. The second-order valence-corrected chi connectivity index (χ2v) is 5.49. The number of rotatable bonds is 4. The van der Waals surface area contributed by atoms with Crippen molar-refractivity contribution >= 4 is 17.4 Å². The van der Waals surface area contributed by atoms with Crippen molar-refractivity contribution in [1.82, 2.24) is 4.98 Å². The minimum Gasteiger partial charge on any atom is -0.378 e. The first-order valence-electron chi connectivity index (χ1n) is 7.44. The molecule has 1 N–H and O–H groups in total. The van der Waals surface area contributed by atoms with Gasteiger partial charge in [-0.05, 0) is 37.8 Å². The molecule has 1 aromatic heterocycles. The summed E-state index contributed by atoms with van der Waals surface area (Å²) in [7, 11) is 0. The average Bonchev–Trinajstić information content (AvgIpc) is 3.12. The normalized spacial score (nSPS) is 22.2. The van der Waals surface area contributed by atoms with Crippen LogP contribution >= 0.6 is 0 Å². The van der Waals surface area contributed by atoms with Crippen molar-refractivity contribution in [3.63, 3.8) is 0 Å². The van der Waals surface area contributed by atoms with Crippen molar-refractivity contribution in [3.8, 4) is 0 Å². The third kappa shape index (κ3) is 3.28. The summed E-state index contributed by atoms with van der Waals surface area (Å²) in [5.74, 6) is 1.01. The molecule has 0 aromatic carbocycles. The first-order valence-corrected chi connectivity index (χ1v) is 7.44. The summed E-state index contributed by atoms with van der Waals surface area (Å²) in [6.45, 7) is 2.94. The lowest BCUT2D eigenvalue weighted by atomic mass is 10.2. The molecule has 20 heavy (non-hydrogen) atoms. The van der Waals surface area contributed by atoms with Gasteiger partial charge in [0.15, 0.2) is 0 Å². The first-order chi connectivity index (χ1) is 9.81. The van der Waals surface area contributed by atoms with E-state index >= 15 is 0 Å². The first kappa shape index (κ1) is 13.4. The molecule has 2 saturated heterocycles. The number of carbonyl (C=O) groups excluding carboxylic acids is 1. The predicted octanol–water partition coefficient (Wildman–Crippen LogP) is 2.19. The second kappa shape index (κ2) is 6.22. The van der Waals surface area contributed by atoms with Crippen molar-refractivity contribution in [2.75, 3.05) is 29.9 Å². The zero-order valence-corrected chi connectivity index (χ0v) is 11.7. The van der Waals surface area contributed by atoms with Crippen LogP contribution in [0.15, 0.2) is 18.3 Å². The van der Waals surface area contributed by atoms with Crippen LogP contribution in [0.2, 0.25) is 0 Å². The monoisotopic (exact) mass is 275 g/mol. The highest BCUT2D eigenvalue weighted by atomic mass is 16.5. The molecule has 1 amide bonds. The lowest BCUT2D eigenvalue weighted by Crippen LogP contribution is -2.20. The fourth-order valence-electron chi connectivity index (χ4n) is 2.82. The summed E-state index contributed by atoms with van der Waals surface area (Å²) in [5, 5.41) is 2.89. The van der Waals surface area contributed by atoms with Gasteiger partial charge < -0.3 is 15.0 Å². The smallest absolute Gasteiger partial charge is 0.227 e. The van der Waals surface area contributed by atoms with Gasteiger partial charge in [0.2, 0.25) is 5.91 Å². The van der Waals surface area contributed by atoms with E-state index in [4.69, 9.17) is 4.74 Å². The molecular formula is C15H21N3O2. The molecule has 3 heterocycles. The van der Waals surface area contributed by atoms with Crippen molar-refractivity contribution in [3.05, 3.63) is 18.3 Å². The van der Waals surface area contributed by atoms with Gasteiger partial charge in [-0.2, -0.15) is 0 Å². The Morgan fingerprint density at radius 2 is 2.20 bits per heavy atom. The maximum atomic E-state index is 11.9. The maximum absolute atomic E-state index is 11.9. The van der Waals surface area contributed by atoms with E-state index in [1.54, 1.807) is 6.20 Å². The standard InChI is InChI=1S/C15H21N3O2/c19-15(10-13-4-3-9-20-13)17-12-5-6-14(16-11-12)18-7-1-2-8-18/h5-6,11,13H,1-4,7-10H2,(H,17,19). The Hall–Kier alpha value is -1.62. The number of hydrogen-bond donors (Lipinski definition) is 1. The number of nitrogens with one attached hydrogen (secondary N) is 1. The van der Waals surface area contributed by atoms with Gasteiger partial charge in [-0.1, -0.05) is 0 Å². The van der Waals surface area contributed by atoms with E-state index in [1.165, 1.54) is 12.8 Å². The number of hydrogen-bond acceptors (Lipinski definition) is 4. The van der Waals surface area contributed by atoms with Crippen LogP contribution in [0.25, 0.3) is 0 Å². The molecule has 2 aliphatic heterocycles. The molecule has 2 aliphatic rings. The molecule has 5 nitrogen and oxygen atoms in total. The van der Waals surface area contributed by atoms with Crippen LogP contribution < -0.4 is 10.2 Å². The summed E-state index contributed by atoms with van der Waals surface area (Å²) in [4.78, 5) is 18.6. The van der Waals surface area contributed by atoms with E-state index in [-0.39, 0.29) is 12.0 Å². The van der Waals surface area contributed by atoms with Crippen LogP contribution in [0.5, 0.6) is 0 Å². The fourth-order valence-corrected chi connectivity index (χ4v) is 2.82. The second-order valence-electron chi connectivity index (χ2n) is 5.49. The van der Waals surface area contributed by atoms with E-state index in [0.717, 1.165) is 44.0 Å². The number of anilines is 2. The molecule has 0 radical (unpaired) electrons. The summed E-state index contributed by atoms with van der Waals surface area (Å²) in [6, 6.07) is 3.90. The van der Waals surface area contributed by atoms with Crippen LogP contribution in [0.3, 0.4) is 0 Å². The Kier molecular flexibility index (Phi) is 4.16. The lowest BCUT2D eigenvalue weighted by Gasteiger charge is -2.16. The minimum atomic E-state index is 0.00706. The van der Waals surface area contributed by atoms with Crippen LogP contribution in [-0.4, -0.2) is 36.7 Å². The Labute approximate surface area is 119 Å². The molecule has 0 spiro atoms. The topological polar surface area (TPSA) is 54.5 Å². The zero-order valence-electron chi connectivity index (χ0n) is 11.7. The van der Waals surface area contributed by atoms with Crippen LogP contribution in [0.4, 0.5) is 11.5 Å². The molecule has 2 fully saturated rings. The van der Waals surface area contributed by atoms with E-state index < -0.39 is 0 Å². The summed E-state index contributed by atoms with van der Waals surface area (Å²) >= 11 is 0. The summed E-state index contributed by atoms with van der Waals surface area (Å²) in [5.41, 5.74) is 0.760. The molecule has 1 aromatic rings. The zero-order chi connectivity index (χ0) is 13.8. The Morgan fingerprint density at radius 3 is 2.85 bits per heavy atom. The van der Waals surface area contributed by atoms with Gasteiger partial charge in [-0.25, -0.2) is 4.98 Å². The van der Waals surface area contributed by atoms with Gasteiger partial charge in [0.1, 0.15) is 5.82 Å². The van der Waals surface area contributed by atoms with E-state index in [9.17, 15) is 4.79 Å². The minimum absolute atomic E-state index is 0.00706. The van der Waals surface area contributed by atoms with Gasteiger partial charge in [-0.3, -0.25) is 4.79 Å². The van der Waals surface area contributed by atoms with Crippen molar-refractivity contribution in [2.24, 2.45) is 0 Å². The van der Waals surface area contributed by atoms with Gasteiger partial charge in [0, 0.05) is 19.7 Å². The van der Waals surface area contributed by atoms with Gasteiger partial charge in [-0.15, -0.1) is 0 Å². The number of ether oxygens (including phenoxy) is 1. The van der Waals surface area contributed by atoms with Crippen LogP contribution in [-0.2, 0) is 9.53 Å². The van der Waals surface area contributed by atoms with Crippen molar-refractivity contribution in [2.45, 2.75) is 38.2 Å². The maximum Gasteiger partial charge on any atom is 0.227 e. The van der Waals surface area contributed by atoms with Crippen molar-refractivity contribution < 1.29 is 9.53 Å². The van der Waals surface area contributed by atoms with E-state index in [0.29, 0.717) is 6.42 Å². The molecule has 108 valence electrons. The number of aromatic nitrogens is 1. The third-order valence-corrected chi connectivity index (χ3v) is 3.90. The Bertz CT molecular complexity index is 449. The summed E-state index contributed by atoms with van der Waals surface area (Å²) in [6.07, 6.45) is 6.79. The molecule has 5 heteroatoms. The molecule has 3 rings (SSSR count). The molecular weight excluding hydrogens is 254 g/mol. The highest BCUT2D eigenvalue weighted by Crippen LogP contribution is 2.20. The van der Waals surface area contributed by atoms with Gasteiger partial charge in [0.25, 0.3) is 0 Å². The summed E-state index contributed by atoms with van der Waals surface area (Å²) < 4.78 is 5.46. The highest BCUT2D eigenvalue weighted by molar-refractivity contribution is 5.90. The van der Waals surface area contributed by atoms with Gasteiger partial charge in [0.05, 0.1) is 24.4 Å². The number of pyridine rings is 1. The lowest BCUT2D eigenvalue weighted by molar-refractivity contribution is -0.118. The number of amides is 1. The largest absolute Gasteiger partial charge is 0.378 e. The quantitative estimate of drug-likeness (QED) is 0.915. The highest BCUT2D eigenvalue weighted by Gasteiger charge is 2.19. The number of carbonyl (C=O) groups is 1.